The predicted octanol–water partition coefficient (Wildman–Crippen LogP) is 1.57. The van der Waals surface area contributed by atoms with Gasteiger partial charge in [-0.15, -0.1) is 0 Å². The van der Waals surface area contributed by atoms with Gasteiger partial charge in [-0.3, -0.25) is 4.31 Å². The summed E-state index contributed by atoms with van der Waals surface area (Å²) in [5.74, 6) is -0.578. The molecule has 0 unspecified atom stereocenters. The van der Waals surface area contributed by atoms with E-state index in [1.165, 1.54) is 30.3 Å². The lowest BCUT2D eigenvalue weighted by molar-refractivity contribution is 0.578. The van der Waals surface area contributed by atoms with E-state index < -0.39 is 25.9 Å². The molecule has 0 saturated heterocycles. The van der Waals surface area contributed by atoms with Crippen molar-refractivity contribution in [2.24, 2.45) is 0 Å². The van der Waals surface area contributed by atoms with Crippen LogP contribution in [0.1, 0.15) is 0 Å². The topological polar surface area (TPSA) is 83.6 Å². The van der Waals surface area contributed by atoms with E-state index in [1.807, 2.05) is 0 Å². The Morgan fingerprint density at radius 1 is 1.00 bits per heavy atom. The zero-order chi connectivity index (χ0) is 17.8. The molecule has 2 aromatic carbocycles. The summed E-state index contributed by atoms with van der Waals surface area (Å²) in [4.78, 5) is 0.0849. The molecule has 0 saturated carbocycles. The Labute approximate surface area is 141 Å². The number of nitrogens with one attached hydrogen (secondary N) is 1. The zero-order valence-electron chi connectivity index (χ0n) is 12.9. The van der Waals surface area contributed by atoms with Crippen LogP contribution in [0.3, 0.4) is 0 Å². The van der Waals surface area contributed by atoms with Gasteiger partial charge < -0.3 is 0 Å². The minimum absolute atomic E-state index is 0.0849. The molecular weight excluding hydrogens is 355 g/mol. The normalized spacial score (nSPS) is 12.1. The number of nitrogens with zero attached hydrogens (tertiary/aromatic N) is 1. The fraction of sp³-hybridized carbons (Fsp3) is 0.200. The molecule has 9 heteroatoms. The van der Waals surface area contributed by atoms with Gasteiger partial charge in [-0.1, -0.05) is 24.3 Å². The van der Waals surface area contributed by atoms with E-state index in [0.29, 0.717) is 0 Å². The third-order valence-corrected chi connectivity index (χ3v) is 5.83. The molecule has 0 radical (unpaired) electrons. The Morgan fingerprint density at radius 3 is 2.25 bits per heavy atom. The SMILES string of the molecule is CS(=O)(=O)N(CCNS(=O)(=O)c1ccccc1)c1cccc(F)c1. The van der Waals surface area contributed by atoms with Crippen molar-refractivity contribution in [1.82, 2.24) is 4.72 Å². The summed E-state index contributed by atoms with van der Waals surface area (Å²) >= 11 is 0. The largest absolute Gasteiger partial charge is 0.269 e. The molecule has 2 rings (SSSR count). The molecule has 6 nitrogen and oxygen atoms in total. The summed E-state index contributed by atoms with van der Waals surface area (Å²) in [6.45, 7) is -0.310. The maximum absolute atomic E-state index is 13.3. The molecule has 0 aliphatic heterocycles. The van der Waals surface area contributed by atoms with E-state index in [1.54, 1.807) is 18.2 Å². The molecule has 0 atom stereocenters. The van der Waals surface area contributed by atoms with E-state index in [9.17, 15) is 21.2 Å². The molecule has 0 bridgehead atoms. The van der Waals surface area contributed by atoms with Gasteiger partial charge in [-0.2, -0.15) is 0 Å². The van der Waals surface area contributed by atoms with Crippen LogP contribution in [0.25, 0.3) is 0 Å². The van der Waals surface area contributed by atoms with Gasteiger partial charge in [0.05, 0.1) is 16.8 Å². The third-order valence-electron chi connectivity index (χ3n) is 3.16. The summed E-state index contributed by atoms with van der Waals surface area (Å²) in [6, 6.07) is 12.8. The van der Waals surface area contributed by atoms with Crippen LogP contribution >= 0.6 is 0 Å². The maximum atomic E-state index is 13.3. The first kappa shape index (κ1) is 18.4. The van der Waals surface area contributed by atoms with Crippen molar-refractivity contribution in [2.45, 2.75) is 4.90 Å². The highest BCUT2D eigenvalue weighted by atomic mass is 32.2. The van der Waals surface area contributed by atoms with Gasteiger partial charge in [0.15, 0.2) is 0 Å². The van der Waals surface area contributed by atoms with Crippen LogP contribution in [0.2, 0.25) is 0 Å². The number of hydrogen-bond acceptors (Lipinski definition) is 4. The van der Waals surface area contributed by atoms with Crippen molar-refractivity contribution >= 4 is 25.7 Å². The Kier molecular flexibility index (Phi) is 5.58. The summed E-state index contributed by atoms with van der Waals surface area (Å²) in [5, 5.41) is 0. The van der Waals surface area contributed by atoms with Crippen molar-refractivity contribution in [3.8, 4) is 0 Å². The molecule has 2 aromatic rings. The van der Waals surface area contributed by atoms with Gasteiger partial charge in [-0.05, 0) is 30.3 Å². The van der Waals surface area contributed by atoms with Gasteiger partial charge >= 0.3 is 0 Å². The smallest absolute Gasteiger partial charge is 0.240 e. The van der Waals surface area contributed by atoms with Crippen molar-refractivity contribution in [3.63, 3.8) is 0 Å². The van der Waals surface area contributed by atoms with E-state index in [2.05, 4.69) is 4.72 Å². The number of sulfonamides is 2. The van der Waals surface area contributed by atoms with E-state index in [0.717, 1.165) is 16.6 Å². The Balaban J connectivity index is 2.12. The van der Waals surface area contributed by atoms with Gasteiger partial charge in [0.1, 0.15) is 5.82 Å². The monoisotopic (exact) mass is 372 g/mol. The average Bonchev–Trinajstić information content (AvgIpc) is 2.51. The highest BCUT2D eigenvalue weighted by Gasteiger charge is 2.19. The van der Waals surface area contributed by atoms with Crippen LogP contribution in [0.15, 0.2) is 59.5 Å². The molecule has 0 heterocycles. The van der Waals surface area contributed by atoms with Crippen LogP contribution in [0.5, 0.6) is 0 Å². The summed E-state index contributed by atoms with van der Waals surface area (Å²) in [7, 11) is -7.42. The van der Waals surface area contributed by atoms with Crippen molar-refractivity contribution < 1.29 is 21.2 Å². The van der Waals surface area contributed by atoms with Crippen molar-refractivity contribution in [2.75, 3.05) is 23.7 Å². The number of rotatable bonds is 7. The van der Waals surface area contributed by atoms with Crippen LogP contribution in [-0.4, -0.2) is 36.2 Å². The van der Waals surface area contributed by atoms with Crippen LogP contribution in [0.4, 0.5) is 10.1 Å². The summed E-state index contributed by atoms with van der Waals surface area (Å²) in [5.41, 5.74) is 0.136. The Bertz CT molecular complexity index is 900. The first-order chi connectivity index (χ1) is 11.2. The van der Waals surface area contributed by atoms with E-state index in [4.69, 9.17) is 0 Å². The van der Waals surface area contributed by atoms with Crippen LogP contribution in [-0.2, 0) is 20.0 Å². The lowest BCUT2D eigenvalue weighted by Crippen LogP contribution is -2.38. The minimum Gasteiger partial charge on any atom is -0.269 e. The highest BCUT2D eigenvalue weighted by molar-refractivity contribution is 7.92. The summed E-state index contributed by atoms with van der Waals surface area (Å²) < 4.78 is 64.6. The van der Waals surface area contributed by atoms with Crippen LogP contribution < -0.4 is 9.03 Å². The Hall–Kier alpha value is -1.97. The van der Waals surface area contributed by atoms with Gasteiger partial charge in [-0.25, -0.2) is 25.9 Å². The van der Waals surface area contributed by atoms with Crippen molar-refractivity contribution in [1.29, 1.82) is 0 Å². The predicted molar refractivity (Wildman–Crippen MR) is 90.2 cm³/mol. The molecule has 130 valence electrons. The summed E-state index contributed by atoms with van der Waals surface area (Å²) in [6.07, 6.45) is 0.976. The van der Waals surface area contributed by atoms with Crippen LogP contribution in [0, 0.1) is 5.82 Å². The van der Waals surface area contributed by atoms with E-state index >= 15 is 0 Å². The third kappa shape index (κ3) is 4.76. The zero-order valence-corrected chi connectivity index (χ0v) is 14.5. The highest BCUT2D eigenvalue weighted by Crippen LogP contribution is 2.18. The molecule has 24 heavy (non-hydrogen) atoms. The molecule has 0 amide bonds. The number of hydrogen-bond donors (Lipinski definition) is 1. The maximum Gasteiger partial charge on any atom is 0.240 e. The molecule has 0 aliphatic carbocycles. The second-order valence-electron chi connectivity index (χ2n) is 5.03. The lowest BCUT2D eigenvalue weighted by Gasteiger charge is -2.22. The average molecular weight is 372 g/mol. The molecule has 0 fully saturated rings. The van der Waals surface area contributed by atoms with E-state index in [-0.39, 0.29) is 23.7 Å². The number of halogens is 1. The number of anilines is 1. The first-order valence-electron chi connectivity index (χ1n) is 6.98. The molecule has 1 N–H and O–H groups in total. The first-order valence-corrected chi connectivity index (χ1v) is 10.3. The second-order valence-corrected chi connectivity index (χ2v) is 8.70. The lowest BCUT2D eigenvalue weighted by atomic mass is 10.3. The standard InChI is InChI=1S/C15H17FN2O4S2/c1-23(19,20)18(14-7-5-6-13(16)12-14)11-10-17-24(21,22)15-8-3-2-4-9-15/h2-9,12,17H,10-11H2,1H3. The molecule has 0 spiro atoms. The second kappa shape index (κ2) is 7.29. The molecular formula is C15H17FN2O4S2. The van der Waals surface area contributed by atoms with Gasteiger partial charge in [0.25, 0.3) is 0 Å². The number of benzene rings is 2. The fourth-order valence-electron chi connectivity index (χ4n) is 2.08. The fourth-order valence-corrected chi connectivity index (χ4v) is 4.04. The Morgan fingerprint density at radius 2 is 1.67 bits per heavy atom. The van der Waals surface area contributed by atoms with Gasteiger partial charge in [0, 0.05) is 13.1 Å². The minimum atomic E-state index is -3.74. The quantitative estimate of drug-likeness (QED) is 0.800. The molecule has 0 aromatic heterocycles. The molecule has 0 aliphatic rings. The van der Waals surface area contributed by atoms with Gasteiger partial charge in [0.2, 0.25) is 20.0 Å². The van der Waals surface area contributed by atoms with Crippen molar-refractivity contribution in [3.05, 3.63) is 60.4 Å².